The maximum Gasteiger partial charge on any atom is 0.183 e. The number of nitriles is 1. The predicted molar refractivity (Wildman–Crippen MR) is 66.6 cm³/mol. The first-order chi connectivity index (χ1) is 8.18. The van der Waals surface area contributed by atoms with Gasteiger partial charge in [-0.3, -0.25) is 0 Å². The zero-order valence-electron chi connectivity index (χ0n) is 10.5. The number of anilines is 1. The first-order valence-electron chi connectivity index (χ1n) is 6.14. The van der Waals surface area contributed by atoms with Gasteiger partial charge in [-0.05, 0) is 18.3 Å². The Morgan fingerprint density at radius 1 is 1.35 bits per heavy atom. The van der Waals surface area contributed by atoms with E-state index in [2.05, 4.69) is 34.8 Å². The van der Waals surface area contributed by atoms with Gasteiger partial charge in [-0.15, -0.1) is 0 Å². The van der Waals surface area contributed by atoms with Gasteiger partial charge in [-0.1, -0.05) is 20.3 Å². The van der Waals surface area contributed by atoms with Crippen LogP contribution >= 0.6 is 0 Å². The summed E-state index contributed by atoms with van der Waals surface area (Å²) in [4.78, 5) is 10.5. The molecule has 0 saturated carbocycles. The summed E-state index contributed by atoms with van der Waals surface area (Å²) in [5.74, 6) is 0.744. The fourth-order valence-corrected chi connectivity index (χ4v) is 2.25. The van der Waals surface area contributed by atoms with E-state index in [1.807, 2.05) is 0 Å². The van der Waals surface area contributed by atoms with Crippen molar-refractivity contribution < 1.29 is 0 Å². The Labute approximate surface area is 102 Å². The Balaban J connectivity index is 2.14. The van der Waals surface area contributed by atoms with Crippen molar-refractivity contribution in [1.29, 1.82) is 5.26 Å². The Morgan fingerprint density at radius 3 is 2.59 bits per heavy atom. The zero-order chi connectivity index (χ0) is 12.3. The van der Waals surface area contributed by atoms with Crippen molar-refractivity contribution in [3.05, 3.63) is 18.1 Å². The molecule has 0 spiro atoms. The van der Waals surface area contributed by atoms with Crippen LogP contribution < -0.4 is 4.90 Å². The zero-order valence-corrected chi connectivity index (χ0v) is 10.5. The highest BCUT2D eigenvalue weighted by molar-refractivity contribution is 5.49. The molecule has 2 rings (SSSR count). The molecule has 1 aromatic rings. The topological polar surface area (TPSA) is 52.8 Å². The monoisotopic (exact) mass is 230 g/mol. The van der Waals surface area contributed by atoms with E-state index in [4.69, 9.17) is 5.26 Å². The lowest BCUT2D eigenvalue weighted by molar-refractivity contribution is 0.237. The highest BCUT2D eigenvalue weighted by Gasteiger charge is 2.29. The lowest BCUT2D eigenvalue weighted by Gasteiger charge is -2.39. The molecule has 0 amide bonds. The molecule has 4 nitrogen and oxygen atoms in total. The van der Waals surface area contributed by atoms with Crippen molar-refractivity contribution in [2.75, 3.05) is 18.0 Å². The predicted octanol–water partition coefficient (Wildman–Crippen LogP) is 2.36. The molecule has 1 fully saturated rings. The maximum atomic E-state index is 9.02. The van der Waals surface area contributed by atoms with Crippen molar-refractivity contribution in [2.45, 2.75) is 33.1 Å². The second kappa shape index (κ2) is 4.70. The van der Waals surface area contributed by atoms with Crippen molar-refractivity contribution >= 4 is 5.82 Å². The first kappa shape index (κ1) is 11.8. The Bertz CT molecular complexity index is 427. The number of hydrogen-bond donors (Lipinski definition) is 0. The van der Waals surface area contributed by atoms with Crippen molar-refractivity contribution in [3.8, 4) is 6.07 Å². The van der Waals surface area contributed by atoms with Crippen LogP contribution in [0.3, 0.4) is 0 Å². The van der Waals surface area contributed by atoms with E-state index >= 15 is 0 Å². The number of aromatic nitrogens is 2. The average molecular weight is 230 g/mol. The summed E-state index contributed by atoms with van der Waals surface area (Å²) < 4.78 is 0. The molecule has 0 aliphatic carbocycles. The molecule has 0 radical (unpaired) electrons. The number of rotatable bonds is 2. The minimum absolute atomic E-state index is 0.438. The largest absolute Gasteiger partial charge is 0.354 e. The van der Waals surface area contributed by atoms with E-state index in [1.54, 1.807) is 12.4 Å². The van der Waals surface area contributed by atoms with Crippen LogP contribution in [0.4, 0.5) is 5.82 Å². The van der Waals surface area contributed by atoms with Gasteiger partial charge in [0.15, 0.2) is 11.5 Å². The molecule has 4 heteroatoms. The summed E-state index contributed by atoms with van der Waals surface area (Å²) in [6.45, 7) is 6.53. The summed E-state index contributed by atoms with van der Waals surface area (Å²) >= 11 is 0. The van der Waals surface area contributed by atoms with Crippen LogP contribution in [0.1, 0.15) is 38.8 Å². The molecule has 17 heavy (non-hydrogen) atoms. The van der Waals surface area contributed by atoms with Crippen LogP contribution in [0.25, 0.3) is 0 Å². The van der Waals surface area contributed by atoms with E-state index in [0.717, 1.165) is 31.7 Å². The quantitative estimate of drug-likeness (QED) is 0.782. The molecular weight excluding hydrogens is 212 g/mol. The lowest BCUT2D eigenvalue weighted by Crippen LogP contribution is -2.39. The van der Waals surface area contributed by atoms with Gasteiger partial charge in [0.2, 0.25) is 0 Å². The number of hydrogen-bond acceptors (Lipinski definition) is 4. The minimum atomic E-state index is 0.438. The summed E-state index contributed by atoms with van der Waals surface area (Å²) in [6.07, 6.45) is 6.76. The van der Waals surface area contributed by atoms with Crippen molar-refractivity contribution in [2.24, 2.45) is 5.41 Å². The van der Waals surface area contributed by atoms with Gasteiger partial charge in [0.1, 0.15) is 6.07 Å². The van der Waals surface area contributed by atoms with E-state index < -0.39 is 0 Å². The Morgan fingerprint density at radius 2 is 2.00 bits per heavy atom. The van der Waals surface area contributed by atoms with E-state index in [-0.39, 0.29) is 0 Å². The normalized spacial score (nSPS) is 18.8. The highest BCUT2D eigenvalue weighted by atomic mass is 15.2. The summed E-state index contributed by atoms with van der Waals surface area (Å²) in [6, 6.07) is 2.11. The van der Waals surface area contributed by atoms with Gasteiger partial charge < -0.3 is 4.90 Å². The molecule has 1 saturated heterocycles. The van der Waals surface area contributed by atoms with Gasteiger partial charge in [-0.2, -0.15) is 5.26 Å². The molecule has 0 unspecified atom stereocenters. The number of nitrogens with zero attached hydrogens (tertiary/aromatic N) is 4. The van der Waals surface area contributed by atoms with Crippen LogP contribution in [0.5, 0.6) is 0 Å². The molecule has 2 heterocycles. The lowest BCUT2D eigenvalue weighted by atomic mass is 9.78. The third-order valence-electron chi connectivity index (χ3n) is 3.91. The van der Waals surface area contributed by atoms with Gasteiger partial charge in [0.25, 0.3) is 0 Å². The standard InChI is InChI=1S/C13H18N4/c1-3-13(2)4-8-17(9-5-13)12-11(10-14)15-6-7-16-12/h6-7H,3-5,8-9H2,1-2H3. The highest BCUT2D eigenvalue weighted by Crippen LogP contribution is 2.35. The van der Waals surface area contributed by atoms with Crippen LogP contribution in [-0.4, -0.2) is 23.1 Å². The molecule has 0 aromatic carbocycles. The smallest absolute Gasteiger partial charge is 0.183 e. The van der Waals surface area contributed by atoms with Crippen LogP contribution in [-0.2, 0) is 0 Å². The first-order valence-corrected chi connectivity index (χ1v) is 6.14. The Hall–Kier alpha value is -1.63. The second-order valence-electron chi connectivity index (χ2n) is 4.99. The van der Waals surface area contributed by atoms with Gasteiger partial charge >= 0.3 is 0 Å². The van der Waals surface area contributed by atoms with Gasteiger partial charge in [0.05, 0.1) is 0 Å². The molecule has 90 valence electrons. The molecule has 0 atom stereocenters. The minimum Gasteiger partial charge on any atom is -0.354 e. The molecule has 0 N–H and O–H groups in total. The fraction of sp³-hybridized carbons (Fsp3) is 0.615. The number of piperidine rings is 1. The van der Waals surface area contributed by atoms with E-state index in [1.165, 1.54) is 6.42 Å². The van der Waals surface area contributed by atoms with Crippen LogP contribution in [0, 0.1) is 16.7 Å². The average Bonchev–Trinajstić information content (AvgIpc) is 2.40. The van der Waals surface area contributed by atoms with E-state index in [9.17, 15) is 0 Å². The molecule has 0 bridgehead atoms. The second-order valence-corrected chi connectivity index (χ2v) is 4.99. The Kier molecular flexibility index (Phi) is 3.28. The molecule has 1 aliphatic rings. The molecule has 1 aromatic heterocycles. The third kappa shape index (κ3) is 2.38. The SMILES string of the molecule is CCC1(C)CCN(c2nccnc2C#N)CC1. The van der Waals surface area contributed by atoms with Crippen molar-refractivity contribution in [1.82, 2.24) is 9.97 Å². The summed E-state index contributed by atoms with van der Waals surface area (Å²) in [5, 5.41) is 9.02. The van der Waals surface area contributed by atoms with Gasteiger partial charge in [-0.25, -0.2) is 9.97 Å². The van der Waals surface area contributed by atoms with Crippen LogP contribution in [0.2, 0.25) is 0 Å². The third-order valence-corrected chi connectivity index (χ3v) is 3.91. The van der Waals surface area contributed by atoms with E-state index in [0.29, 0.717) is 11.1 Å². The van der Waals surface area contributed by atoms with Crippen LogP contribution in [0.15, 0.2) is 12.4 Å². The summed E-state index contributed by atoms with van der Waals surface area (Å²) in [5.41, 5.74) is 0.888. The maximum absolute atomic E-state index is 9.02. The van der Waals surface area contributed by atoms with Crippen molar-refractivity contribution in [3.63, 3.8) is 0 Å². The fourth-order valence-electron chi connectivity index (χ4n) is 2.25. The molecular formula is C13H18N4. The summed E-state index contributed by atoms with van der Waals surface area (Å²) in [7, 11) is 0. The van der Waals surface area contributed by atoms with Gasteiger partial charge in [0, 0.05) is 25.5 Å². The molecule has 1 aliphatic heterocycles.